The number of rotatable bonds is 5. The summed E-state index contributed by atoms with van der Waals surface area (Å²) >= 11 is 0. The fraction of sp³-hybridized carbons (Fsp3) is 0.929. The molecule has 2 aliphatic rings. The molecule has 2 atom stereocenters. The molecule has 0 radical (unpaired) electrons. The molecule has 0 aromatic heterocycles. The molecule has 2 heterocycles. The normalized spacial score (nSPS) is 28.3. The first-order chi connectivity index (χ1) is 8.74. The van der Waals surface area contributed by atoms with Gasteiger partial charge in [-0.25, -0.2) is 0 Å². The summed E-state index contributed by atoms with van der Waals surface area (Å²) in [7, 11) is 0. The zero-order valence-electron chi connectivity index (χ0n) is 11.8. The van der Waals surface area contributed by atoms with Crippen molar-refractivity contribution < 1.29 is 4.79 Å². The molecule has 4 heteroatoms. The summed E-state index contributed by atoms with van der Waals surface area (Å²) in [6.07, 6.45) is 4.23. The molecule has 2 rings (SSSR count). The van der Waals surface area contributed by atoms with Crippen LogP contribution in [0.2, 0.25) is 0 Å². The van der Waals surface area contributed by atoms with E-state index in [0.717, 1.165) is 39.1 Å². The SMILES string of the molecule is CCN(CC)C1CCN(C(=O)CC2CCCN2)C1. The lowest BCUT2D eigenvalue weighted by Crippen LogP contribution is -2.39. The first kappa shape index (κ1) is 13.8. The number of nitrogens with one attached hydrogen (secondary N) is 1. The topological polar surface area (TPSA) is 35.6 Å². The van der Waals surface area contributed by atoms with Crippen LogP contribution >= 0.6 is 0 Å². The van der Waals surface area contributed by atoms with Crippen molar-refractivity contribution in [2.24, 2.45) is 0 Å². The van der Waals surface area contributed by atoms with Gasteiger partial charge < -0.3 is 10.2 Å². The number of hydrogen-bond donors (Lipinski definition) is 1. The minimum atomic E-state index is 0.351. The second-order valence-electron chi connectivity index (χ2n) is 5.50. The third-order valence-corrected chi connectivity index (χ3v) is 4.43. The van der Waals surface area contributed by atoms with E-state index in [-0.39, 0.29) is 0 Å². The minimum absolute atomic E-state index is 0.351. The quantitative estimate of drug-likeness (QED) is 0.796. The third kappa shape index (κ3) is 3.23. The van der Waals surface area contributed by atoms with Gasteiger partial charge in [0.1, 0.15) is 0 Å². The minimum Gasteiger partial charge on any atom is -0.341 e. The van der Waals surface area contributed by atoms with Gasteiger partial charge in [-0.3, -0.25) is 9.69 Å². The van der Waals surface area contributed by atoms with Crippen LogP contribution in [-0.4, -0.2) is 60.5 Å². The van der Waals surface area contributed by atoms with Crippen LogP contribution in [0.1, 0.15) is 39.5 Å². The number of amides is 1. The predicted octanol–water partition coefficient (Wildman–Crippen LogP) is 1.07. The number of carbonyl (C=O) groups excluding carboxylic acids is 1. The summed E-state index contributed by atoms with van der Waals surface area (Å²) in [5, 5.41) is 3.41. The zero-order chi connectivity index (χ0) is 13.0. The number of likely N-dealkylation sites (N-methyl/N-ethyl adjacent to an activating group) is 1. The highest BCUT2D eigenvalue weighted by molar-refractivity contribution is 5.77. The Kier molecular flexibility index (Phi) is 5.01. The Morgan fingerprint density at radius 3 is 2.72 bits per heavy atom. The summed E-state index contributed by atoms with van der Waals surface area (Å²) < 4.78 is 0. The highest BCUT2D eigenvalue weighted by Gasteiger charge is 2.30. The molecule has 0 aliphatic carbocycles. The molecule has 1 N–H and O–H groups in total. The summed E-state index contributed by atoms with van der Waals surface area (Å²) in [4.78, 5) is 16.8. The average molecular weight is 253 g/mol. The molecule has 0 aromatic carbocycles. The van der Waals surface area contributed by atoms with Gasteiger partial charge in [-0.1, -0.05) is 13.8 Å². The van der Waals surface area contributed by atoms with Crippen LogP contribution in [0.15, 0.2) is 0 Å². The van der Waals surface area contributed by atoms with Crippen LogP contribution in [0.5, 0.6) is 0 Å². The van der Waals surface area contributed by atoms with E-state index in [1.165, 1.54) is 12.8 Å². The van der Waals surface area contributed by atoms with E-state index in [0.29, 0.717) is 24.4 Å². The molecule has 0 saturated carbocycles. The first-order valence-corrected chi connectivity index (χ1v) is 7.49. The lowest BCUT2D eigenvalue weighted by Gasteiger charge is -2.26. The van der Waals surface area contributed by atoms with E-state index in [2.05, 4.69) is 29.0 Å². The maximum Gasteiger partial charge on any atom is 0.224 e. The average Bonchev–Trinajstić information content (AvgIpc) is 3.01. The van der Waals surface area contributed by atoms with Gasteiger partial charge in [-0.05, 0) is 38.9 Å². The van der Waals surface area contributed by atoms with Gasteiger partial charge in [0.25, 0.3) is 0 Å². The fourth-order valence-electron chi connectivity index (χ4n) is 3.28. The molecule has 0 spiro atoms. The van der Waals surface area contributed by atoms with Crippen molar-refractivity contribution in [3.63, 3.8) is 0 Å². The summed E-state index contributed by atoms with van der Waals surface area (Å²) in [5.74, 6) is 0.351. The van der Waals surface area contributed by atoms with Gasteiger partial charge in [-0.2, -0.15) is 0 Å². The molecule has 2 unspecified atom stereocenters. The van der Waals surface area contributed by atoms with Gasteiger partial charge in [0.15, 0.2) is 0 Å². The zero-order valence-corrected chi connectivity index (χ0v) is 11.8. The maximum absolute atomic E-state index is 12.2. The van der Waals surface area contributed by atoms with Crippen molar-refractivity contribution in [1.82, 2.24) is 15.1 Å². The number of hydrogen-bond acceptors (Lipinski definition) is 3. The van der Waals surface area contributed by atoms with E-state index in [1.54, 1.807) is 0 Å². The maximum atomic E-state index is 12.2. The Morgan fingerprint density at radius 2 is 2.11 bits per heavy atom. The lowest BCUT2D eigenvalue weighted by molar-refractivity contribution is -0.130. The Balaban J connectivity index is 1.78. The Morgan fingerprint density at radius 1 is 1.33 bits per heavy atom. The second-order valence-corrected chi connectivity index (χ2v) is 5.50. The summed E-state index contributed by atoms with van der Waals surface area (Å²) in [6, 6.07) is 1.02. The van der Waals surface area contributed by atoms with Crippen molar-refractivity contribution in [1.29, 1.82) is 0 Å². The van der Waals surface area contributed by atoms with Crippen molar-refractivity contribution in [2.75, 3.05) is 32.7 Å². The van der Waals surface area contributed by atoms with Crippen molar-refractivity contribution in [2.45, 2.75) is 51.6 Å². The predicted molar refractivity (Wildman–Crippen MR) is 73.5 cm³/mol. The Labute approximate surface area is 111 Å². The first-order valence-electron chi connectivity index (χ1n) is 7.49. The number of nitrogens with zero attached hydrogens (tertiary/aromatic N) is 2. The van der Waals surface area contributed by atoms with Crippen molar-refractivity contribution in [3.05, 3.63) is 0 Å². The largest absolute Gasteiger partial charge is 0.341 e. The van der Waals surface area contributed by atoms with E-state index in [1.807, 2.05) is 0 Å². The monoisotopic (exact) mass is 253 g/mol. The molecule has 0 bridgehead atoms. The van der Waals surface area contributed by atoms with Gasteiger partial charge >= 0.3 is 0 Å². The molecule has 2 saturated heterocycles. The van der Waals surface area contributed by atoms with E-state index in [4.69, 9.17) is 0 Å². The number of carbonyl (C=O) groups is 1. The van der Waals surface area contributed by atoms with Gasteiger partial charge in [0, 0.05) is 31.6 Å². The molecule has 18 heavy (non-hydrogen) atoms. The molecular formula is C14H27N3O. The third-order valence-electron chi connectivity index (χ3n) is 4.43. The highest BCUT2D eigenvalue weighted by Crippen LogP contribution is 2.18. The standard InChI is InChI=1S/C14H27N3O/c1-3-16(4-2)13-7-9-17(11-13)14(18)10-12-6-5-8-15-12/h12-13,15H,3-11H2,1-2H3. The van der Waals surface area contributed by atoms with Crippen molar-refractivity contribution >= 4 is 5.91 Å². The molecule has 2 aliphatic heterocycles. The Hall–Kier alpha value is -0.610. The van der Waals surface area contributed by atoms with Crippen LogP contribution < -0.4 is 5.32 Å². The lowest BCUT2D eigenvalue weighted by atomic mass is 10.1. The van der Waals surface area contributed by atoms with Crippen molar-refractivity contribution in [3.8, 4) is 0 Å². The highest BCUT2D eigenvalue weighted by atomic mass is 16.2. The van der Waals surface area contributed by atoms with Crippen LogP contribution in [0.4, 0.5) is 0 Å². The summed E-state index contributed by atoms with van der Waals surface area (Å²) in [6.45, 7) is 9.56. The molecular weight excluding hydrogens is 226 g/mol. The van der Waals surface area contributed by atoms with E-state index >= 15 is 0 Å². The molecule has 4 nitrogen and oxygen atoms in total. The Bertz CT molecular complexity index is 272. The van der Waals surface area contributed by atoms with Crippen LogP contribution in [-0.2, 0) is 4.79 Å². The van der Waals surface area contributed by atoms with Crippen LogP contribution in [0, 0.1) is 0 Å². The second kappa shape index (κ2) is 6.53. The summed E-state index contributed by atoms with van der Waals surface area (Å²) in [5.41, 5.74) is 0. The van der Waals surface area contributed by atoms with E-state index < -0.39 is 0 Å². The van der Waals surface area contributed by atoms with Gasteiger partial charge in [-0.15, -0.1) is 0 Å². The van der Waals surface area contributed by atoms with E-state index in [9.17, 15) is 4.79 Å². The molecule has 104 valence electrons. The van der Waals surface area contributed by atoms with Gasteiger partial charge in [0.05, 0.1) is 0 Å². The molecule has 0 aromatic rings. The molecule has 1 amide bonds. The van der Waals surface area contributed by atoms with Crippen LogP contribution in [0.25, 0.3) is 0 Å². The number of likely N-dealkylation sites (tertiary alicyclic amines) is 1. The fourth-order valence-corrected chi connectivity index (χ4v) is 3.28. The smallest absolute Gasteiger partial charge is 0.224 e. The molecule has 2 fully saturated rings. The van der Waals surface area contributed by atoms with Gasteiger partial charge in [0.2, 0.25) is 5.91 Å². The van der Waals surface area contributed by atoms with Crippen LogP contribution in [0.3, 0.4) is 0 Å².